The summed E-state index contributed by atoms with van der Waals surface area (Å²) in [5, 5.41) is 0. The molecule has 16 heavy (non-hydrogen) atoms. The summed E-state index contributed by atoms with van der Waals surface area (Å²) in [6, 6.07) is 5.80. The normalized spacial score (nSPS) is 17.2. The van der Waals surface area contributed by atoms with Crippen molar-refractivity contribution in [3.8, 4) is 0 Å². The monoisotopic (exact) mass is 222 g/mol. The zero-order valence-corrected chi connectivity index (χ0v) is 9.91. The molecule has 2 nitrogen and oxygen atoms in total. The maximum atomic E-state index is 13.6. The Morgan fingerprint density at radius 2 is 2.19 bits per heavy atom. The third kappa shape index (κ3) is 2.19. The number of rotatable bonds is 4. The van der Waals surface area contributed by atoms with Gasteiger partial charge in [-0.3, -0.25) is 0 Å². The first-order valence-corrected chi connectivity index (χ1v) is 5.85. The van der Waals surface area contributed by atoms with Crippen molar-refractivity contribution in [2.24, 2.45) is 11.7 Å². The van der Waals surface area contributed by atoms with Crippen LogP contribution in [0.4, 0.5) is 10.1 Å². The molecule has 0 aliphatic heterocycles. The lowest BCUT2D eigenvalue weighted by molar-refractivity contribution is 0.594. The topological polar surface area (TPSA) is 29.3 Å². The molecule has 2 rings (SSSR count). The predicted octanol–water partition coefficient (Wildman–Crippen LogP) is 2.52. The van der Waals surface area contributed by atoms with Crippen LogP contribution >= 0.6 is 0 Å². The molecule has 1 aromatic rings. The van der Waals surface area contributed by atoms with Crippen LogP contribution in [0.25, 0.3) is 0 Å². The maximum absolute atomic E-state index is 13.6. The number of nitrogens with zero attached hydrogens (tertiary/aromatic N) is 1. The molecule has 1 aromatic carbocycles. The van der Waals surface area contributed by atoms with Gasteiger partial charge >= 0.3 is 0 Å². The first-order chi connectivity index (χ1) is 7.63. The summed E-state index contributed by atoms with van der Waals surface area (Å²) in [5.41, 5.74) is 6.96. The van der Waals surface area contributed by atoms with Crippen molar-refractivity contribution in [3.05, 3.63) is 29.6 Å². The molecular formula is C13H19FN2. The van der Waals surface area contributed by atoms with Gasteiger partial charge in [-0.25, -0.2) is 4.39 Å². The van der Waals surface area contributed by atoms with Crippen LogP contribution < -0.4 is 10.6 Å². The fourth-order valence-corrected chi connectivity index (χ4v) is 2.05. The third-order valence-electron chi connectivity index (χ3n) is 3.58. The third-order valence-corrected chi connectivity index (χ3v) is 3.58. The number of nitrogens with two attached hydrogens (primary N) is 1. The second-order valence-corrected chi connectivity index (χ2v) is 4.67. The average Bonchev–Trinajstić information content (AvgIpc) is 3.11. The standard InChI is InChI=1S/C13H19FN2/c1-9(10-3-4-10)16(2)12-6-5-11(8-15)13(14)7-12/h5-7,9-10H,3-4,8,15H2,1-2H3. The highest BCUT2D eigenvalue weighted by molar-refractivity contribution is 5.48. The highest BCUT2D eigenvalue weighted by Gasteiger charge is 2.30. The molecule has 2 N–H and O–H groups in total. The zero-order valence-electron chi connectivity index (χ0n) is 9.91. The van der Waals surface area contributed by atoms with E-state index in [0.29, 0.717) is 11.6 Å². The number of hydrogen-bond donors (Lipinski definition) is 1. The molecule has 0 aromatic heterocycles. The van der Waals surface area contributed by atoms with E-state index in [-0.39, 0.29) is 12.4 Å². The average molecular weight is 222 g/mol. The Morgan fingerprint density at radius 1 is 1.50 bits per heavy atom. The van der Waals surface area contributed by atoms with E-state index in [0.717, 1.165) is 11.6 Å². The highest BCUT2D eigenvalue weighted by Crippen LogP contribution is 2.36. The van der Waals surface area contributed by atoms with Crippen LogP contribution in [0.2, 0.25) is 0 Å². The van der Waals surface area contributed by atoms with Crippen LogP contribution in [0, 0.1) is 11.7 Å². The van der Waals surface area contributed by atoms with E-state index in [4.69, 9.17) is 5.73 Å². The van der Waals surface area contributed by atoms with Gasteiger partial charge in [0, 0.05) is 30.9 Å². The van der Waals surface area contributed by atoms with E-state index >= 15 is 0 Å². The van der Waals surface area contributed by atoms with E-state index in [9.17, 15) is 4.39 Å². The molecule has 0 saturated heterocycles. The molecule has 1 saturated carbocycles. The summed E-state index contributed by atoms with van der Waals surface area (Å²) in [4.78, 5) is 2.15. The van der Waals surface area contributed by atoms with Gasteiger partial charge in [-0.15, -0.1) is 0 Å². The van der Waals surface area contributed by atoms with Gasteiger partial charge < -0.3 is 10.6 Å². The minimum atomic E-state index is -0.199. The summed E-state index contributed by atoms with van der Waals surface area (Å²) in [7, 11) is 2.03. The van der Waals surface area contributed by atoms with Gasteiger partial charge in [0.2, 0.25) is 0 Å². The molecule has 88 valence electrons. The minimum Gasteiger partial charge on any atom is -0.372 e. The molecule has 0 amide bonds. The van der Waals surface area contributed by atoms with Gasteiger partial charge in [0.05, 0.1) is 0 Å². The lowest BCUT2D eigenvalue weighted by atomic mass is 10.1. The molecule has 0 spiro atoms. The summed E-state index contributed by atoms with van der Waals surface area (Å²) in [5.74, 6) is 0.581. The summed E-state index contributed by atoms with van der Waals surface area (Å²) in [6.45, 7) is 2.46. The van der Waals surface area contributed by atoms with Crippen LogP contribution in [0.1, 0.15) is 25.3 Å². The quantitative estimate of drug-likeness (QED) is 0.848. The van der Waals surface area contributed by atoms with Gasteiger partial charge in [0.25, 0.3) is 0 Å². The fourth-order valence-electron chi connectivity index (χ4n) is 2.05. The molecule has 0 heterocycles. The molecule has 0 bridgehead atoms. The maximum Gasteiger partial charge on any atom is 0.129 e. The second kappa shape index (κ2) is 4.42. The van der Waals surface area contributed by atoms with Crippen molar-refractivity contribution in [1.82, 2.24) is 0 Å². The lowest BCUT2D eigenvalue weighted by Crippen LogP contribution is -2.30. The van der Waals surface area contributed by atoms with Crippen molar-refractivity contribution >= 4 is 5.69 Å². The van der Waals surface area contributed by atoms with Gasteiger partial charge in [-0.1, -0.05) is 6.07 Å². The van der Waals surface area contributed by atoms with E-state index in [1.165, 1.54) is 12.8 Å². The number of anilines is 1. The summed E-state index contributed by atoms with van der Waals surface area (Å²) >= 11 is 0. The smallest absolute Gasteiger partial charge is 0.129 e. The molecule has 1 fully saturated rings. The molecule has 1 atom stereocenters. The fraction of sp³-hybridized carbons (Fsp3) is 0.538. The number of halogens is 1. The molecule has 1 aliphatic rings. The summed E-state index contributed by atoms with van der Waals surface area (Å²) in [6.07, 6.45) is 2.60. The largest absolute Gasteiger partial charge is 0.372 e. The van der Waals surface area contributed by atoms with Crippen molar-refractivity contribution in [2.45, 2.75) is 32.4 Å². The number of benzene rings is 1. The van der Waals surface area contributed by atoms with Gasteiger partial charge in [0.15, 0.2) is 0 Å². The second-order valence-electron chi connectivity index (χ2n) is 4.67. The number of hydrogen-bond acceptors (Lipinski definition) is 2. The zero-order chi connectivity index (χ0) is 11.7. The van der Waals surface area contributed by atoms with Crippen LogP contribution in [0.15, 0.2) is 18.2 Å². The van der Waals surface area contributed by atoms with E-state index < -0.39 is 0 Å². The molecule has 3 heteroatoms. The molecule has 0 radical (unpaired) electrons. The van der Waals surface area contributed by atoms with Crippen LogP contribution in [0.5, 0.6) is 0 Å². The van der Waals surface area contributed by atoms with Crippen molar-refractivity contribution in [3.63, 3.8) is 0 Å². The Morgan fingerprint density at radius 3 is 2.69 bits per heavy atom. The SMILES string of the molecule is CC(C1CC1)N(C)c1ccc(CN)c(F)c1. The highest BCUT2D eigenvalue weighted by atomic mass is 19.1. The predicted molar refractivity (Wildman–Crippen MR) is 64.9 cm³/mol. The van der Waals surface area contributed by atoms with E-state index in [2.05, 4.69) is 11.8 Å². The van der Waals surface area contributed by atoms with Crippen molar-refractivity contribution in [1.29, 1.82) is 0 Å². The van der Waals surface area contributed by atoms with Crippen molar-refractivity contribution < 1.29 is 4.39 Å². The van der Waals surface area contributed by atoms with Crippen molar-refractivity contribution in [2.75, 3.05) is 11.9 Å². The van der Waals surface area contributed by atoms with E-state index in [1.54, 1.807) is 12.1 Å². The lowest BCUT2D eigenvalue weighted by Gasteiger charge is -2.27. The van der Waals surface area contributed by atoms with Gasteiger partial charge in [-0.05, 0) is 37.8 Å². The van der Waals surface area contributed by atoms with Gasteiger partial charge in [0.1, 0.15) is 5.82 Å². The Hall–Kier alpha value is -1.09. The Balaban J connectivity index is 2.16. The molecule has 1 aliphatic carbocycles. The Kier molecular flexibility index (Phi) is 3.15. The van der Waals surface area contributed by atoms with Crippen LogP contribution in [-0.2, 0) is 6.54 Å². The molecule has 1 unspecified atom stereocenters. The van der Waals surface area contributed by atoms with E-state index in [1.807, 2.05) is 13.1 Å². The Bertz CT molecular complexity index is 374. The Labute approximate surface area is 96.2 Å². The summed E-state index contributed by atoms with van der Waals surface area (Å²) < 4.78 is 13.6. The van der Waals surface area contributed by atoms with Gasteiger partial charge in [-0.2, -0.15) is 0 Å². The van der Waals surface area contributed by atoms with Crippen LogP contribution in [0.3, 0.4) is 0 Å². The minimum absolute atomic E-state index is 0.199. The first kappa shape index (κ1) is 11.4. The molecular weight excluding hydrogens is 203 g/mol. The first-order valence-electron chi connectivity index (χ1n) is 5.85. The van der Waals surface area contributed by atoms with Crippen LogP contribution in [-0.4, -0.2) is 13.1 Å².